The lowest BCUT2D eigenvalue weighted by molar-refractivity contribution is -0.404. The third kappa shape index (κ3) is 15.2. The minimum Gasteiger partial charge on any atom is -0.458 e. The fraction of sp³-hybridized carbons (Fsp3) is 0.939. The standard InChI is InChI=1S/C49H84O21/c1-8-10-16-19-28-20-17-14-12-11-13-15-18-21-32(51)65-40-29(22-30-33(52)35(54)39(27(7)61-30)66-44(58)24(3)4)26(6)62-49(43(40)67-45(59)25(5)9-2)69-41-36(55)34(53)31(23-50)64-48(41)68-42-37(56)38(57)46(60)70-47(42)63-28/h24-31,33-43,46-50,52-57,60H,8-23H2,1-7H3. The van der Waals surface area contributed by atoms with Crippen LogP contribution in [0.4, 0.5) is 0 Å². The number of fused-ring (bicyclic) bond motifs is 4. The number of esters is 3. The molecule has 5 heterocycles. The van der Waals surface area contributed by atoms with E-state index in [-0.39, 0.29) is 12.8 Å². The first-order valence-electron chi connectivity index (χ1n) is 25.9. The normalized spacial score (nSPS) is 42.5. The SMILES string of the molecule is CCCCCC1CCCCCCCCCC(=O)OC2C(CC3OC(C)C(OC(=O)C(C)C)C(O)C3O)C(C)OC(OC3C(OC(CO)C(O)C3O)OC3C(O1)OC(O)C(O)C3O)C2OC(=O)C(C)CC. The van der Waals surface area contributed by atoms with Crippen molar-refractivity contribution in [1.29, 1.82) is 0 Å². The van der Waals surface area contributed by atoms with E-state index in [0.717, 1.165) is 57.8 Å². The van der Waals surface area contributed by atoms with Gasteiger partial charge >= 0.3 is 17.9 Å². The maximum Gasteiger partial charge on any atom is 0.309 e. The predicted octanol–water partition coefficient (Wildman–Crippen LogP) is 1.78. The largest absolute Gasteiger partial charge is 0.458 e. The Morgan fingerprint density at radius 2 is 1.21 bits per heavy atom. The molecule has 0 spiro atoms. The van der Waals surface area contributed by atoms with Gasteiger partial charge in [-0.2, -0.15) is 0 Å². The van der Waals surface area contributed by atoms with Gasteiger partial charge in [0.25, 0.3) is 0 Å². The number of unbranched alkanes of at least 4 members (excludes halogenated alkanes) is 2. The van der Waals surface area contributed by atoms with Gasteiger partial charge in [0.2, 0.25) is 0 Å². The van der Waals surface area contributed by atoms with Gasteiger partial charge in [0.15, 0.2) is 37.4 Å². The van der Waals surface area contributed by atoms with Crippen LogP contribution in [0.2, 0.25) is 0 Å². The Kier molecular flexibility index (Phi) is 23.4. The number of carbonyl (C=O) groups is 3. The Labute approximate surface area is 411 Å². The predicted molar refractivity (Wildman–Crippen MR) is 244 cm³/mol. The van der Waals surface area contributed by atoms with E-state index in [2.05, 4.69) is 6.92 Å². The molecule has 22 unspecified atom stereocenters. The Bertz CT molecular complexity index is 1590. The summed E-state index contributed by atoms with van der Waals surface area (Å²) in [5, 5.41) is 89.2. The van der Waals surface area contributed by atoms with Gasteiger partial charge in [0.05, 0.1) is 42.9 Å². The Morgan fingerprint density at radius 1 is 0.614 bits per heavy atom. The van der Waals surface area contributed by atoms with Crippen LogP contribution in [0.3, 0.4) is 0 Å². The van der Waals surface area contributed by atoms with Crippen LogP contribution in [0.25, 0.3) is 0 Å². The molecule has 5 rings (SSSR count). The van der Waals surface area contributed by atoms with Gasteiger partial charge in [-0.05, 0) is 46.0 Å². The molecule has 5 saturated heterocycles. The lowest BCUT2D eigenvalue weighted by atomic mass is 9.81. The molecule has 0 amide bonds. The lowest BCUT2D eigenvalue weighted by Gasteiger charge is -2.50. The van der Waals surface area contributed by atoms with Crippen LogP contribution in [0.1, 0.15) is 145 Å². The third-order valence-corrected chi connectivity index (χ3v) is 14.4. The van der Waals surface area contributed by atoms with Crippen LogP contribution in [0, 0.1) is 17.8 Å². The topological polar surface area (TPSA) is 305 Å². The highest BCUT2D eigenvalue weighted by atomic mass is 16.8. The molecule has 70 heavy (non-hydrogen) atoms. The second-order valence-electron chi connectivity index (χ2n) is 20.2. The minimum atomic E-state index is -1.94. The van der Waals surface area contributed by atoms with Crippen LogP contribution in [0.5, 0.6) is 0 Å². The van der Waals surface area contributed by atoms with E-state index in [9.17, 15) is 55.2 Å². The van der Waals surface area contributed by atoms with Crippen LogP contribution in [-0.2, 0) is 61.8 Å². The number of hydrogen-bond donors (Lipinski definition) is 8. The second-order valence-corrected chi connectivity index (χ2v) is 20.2. The molecule has 5 fully saturated rings. The van der Waals surface area contributed by atoms with Crippen molar-refractivity contribution in [3.05, 3.63) is 0 Å². The van der Waals surface area contributed by atoms with Gasteiger partial charge in [0.1, 0.15) is 61.0 Å². The first-order valence-corrected chi connectivity index (χ1v) is 25.9. The molecule has 21 heteroatoms. The van der Waals surface area contributed by atoms with Crippen LogP contribution >= 0.6 is 0 Å². The summed E-state index contributed by atoms with van der Waals surface area (Å²) >= 11 is 0. The molecular weight excluding hydrogens is 925 g/mol. The molecule has 0 saturated carbocycles. The van der Waals surface area contributed by atoms with Gasteiger partial charge in [0, 0.05) is 12.3 Å². The second kappa shape index (κ2) is 27.9. The highest BCUT2D eigenvalue weighted by Gasteiger charge is 2.57. The van der Waals surface area contributed by atoms with Crippen LogP contribution in [0.15, 0.2) is 0 Å². The molecule has 21 nitrogen and oxygen atoms in total. The summed E-state index contributed by atoms with van der Waals surface area (Å²) in [5.41, 5.74) is 0. The number of carbonyl (C=O) groups excluding carboxylic acids is 3. The van der Waals surface area contributed by atoms with Crippen molar-refractivity contribution >= 4 is 17.9 Å². The smallest absolute Gasteiger partial charge is 0.309 e. The molecule has 0 aromatic carbocycles. The van der Waals surface area contributed by atoms with Crippen LogP contribution in [-0.4, -0.2) is 188 Å². The molecule has 2 bridgehead atoms. The Balaban J connectivity index is 1.55. The molecular formula is C49H84O21. The summed E-state index contributed by atoms with van der Waals surface area (Å²) in [6, 6.07) is 0. The van der Waals surface area contributed by atoms with E-state index in [1.54, 1.807) is 41.5 Å². The minimum absolute atomic E-state index is 0.00131. The molecule has 0 aromatic heterocycles. The monoisotopic (exact) mass is 1010 g/mol. The van der Waals surface area contributed by atoms with E-state index in [1.165, 1.54) is 0 Å². The van der Waals surface area contributed by atoms with Crippen molar-refractivity contribution in [2.24, 2.45) is 17.8 Å². The van der Waals surface area contributed by atoms with Crippen molar-refractivity contribution < 1.29 is 103 Å². The highest BCUT2D eigenvalue weighted by molar-refractivity contribution is 5.73. The molecule has 0 aliphatic carbocycles. The van der Waals surface area contributed by atoms with Crippen molar-refractivity contribution in [2.45, 2.75) is 268 Å². The van der Waals surface area contributed by atoms with Crippen molar-refractivity contribution in [3.63, 3.8) is 0 Å². The Morgan fingerprint density at radius 3 is 1.86 bits per heavy atom. The van der Waals surface area contributed by atoms with E-state index in [1.807, 2.05) is 0 Å². The zero-order valence-corrected chi connectivity index (χ0v) is 42.0. The van der Waals surface area contributed by atoms with Gasteiger partial charge < -0.3 is 88.2 Å². The first kappa shape index (κ1) is 58.7. The molecule has 0 aromatic rings. The zero-order chi connectivity index (χ0) is 51.4. The molecule has 22 atom stereocenters. The maximum atomic E-state index is 14.0. The average molecular weight is 1010 g/mol. The van der Waals surface area contributed by atoms with E-state index < -0.39 is 165 Å². The third-order valence-electron chi connectivity index (χ3n) is 14.4. The quantitative estimate of drug-likeness (QED) is 0.0785. The highest BCUT2D eigenvalue weighted by Crippen LogP contribution is 2.40. The molecule has 5 aliphatic heterocycles. The van der Waals surface area contributed by atoms with Crippen molar-refractivity contribution in [2.75, 3.05) is 6.61 Å². The molecule has 5 aliphatic rings. The summed E-state index contributed by atoms with van der Waals surface area (Å²) < 4.78 is 61.7. The molecule has 406 valence electrons. The molecule has 8 N–H and O–H groups in total. The summed E-state index contributed by atoms with van der Waals surface area (Å²) in [5.74, 6) is -4.11. The summed E-state index contributed by atoms with van der Waals surface area (Å²) in [7, 11) is 0. The van der Waals surface area contributed by atoms with Gasteiger partial charge in [-0.1, -0.05) is 92.4 Å². The fourth-order valence-electron chi connectivity index (χ4n) is 9.73. The molecule has 0 radical (unpaired) electrons. The first-order chi connectivity index (χ1) is 33.3. The summed E-state index contributed by atoms with van der Waals surface area (Å²) in [6.07, 6.45) is -20.6. The van der Waals surface area contributed by atoms with Crippen LogP contribution < -0.4 is 0 Å². The average Bonchev–Trinajstić information content (AvgIpc) is 3.32. The number of aliphatic hydroxyl groups is 8. The maximum absolute atomic E-state index is 14.0. The van der Waals surface area contributed by atoms with Gasteiger partial charge in [-0.15, -0.1) is 0 Å². The van der Waals surface area contributed by atoms with E-state index in [4.69, 9.17) is 47.4 Å². The van der Waals surface area contributed by atoms with Crippen molar-refractivity contribution in [1.82, 2.24) is 0 Å². The summed E-state index contributed by atoms with van der Waals surface area (Å²) in [4.78, 5) is 40.4. The fourth-order valence-corrected chi connectivity index (χ4v) is 9.73. The number of ether oxygens (including phenoxy) is 10. The van der Waals surface area contributed by atoms with Gasteiger partial charge in [-0.3, -0.25) is 14.4 Å². The number of hydrogen-bond acceptors (Lipinski definition) is 21. The zero-order valence-electron chi connectivity index (χ0n) is 42.0. The van der Waals surface area contributed by atoms with Gasteiger partial charge in [-0.25, -0.2) is 0 Å². The van der Waals surface area contributed by atoms with E-state index >= 15 is 0 Å². The number of rotatable bonds is 12. The van der Waals surface area contributed by atoms with E-state index in [0.29, 0.717) is 25.7 Å². The number of aliphatic hydroxyl groups excluding tert-OH is 8. The summed E-state index contributed by atoms with van der Waals surface area (Å²) in [6.45, 7) is 11.1. The lowest BCUT2D eigenvalue weighted by Crippen LogP contribution is -2.67. The Hall–Kier alpha value is -2.19. The van der Waals surface area contributed by atoms with Crippen molar-refractivity contribution in [3.8, 4) is 0 Å².